The maximum absolute atomic E-state index is 11.6. The molecule has 1 unspecified atom stereocenters. The third kappa shape index (κ3) is 6.83. The molecule has 104 valence electrons. The van der Waals surface area contributed by atoms with E-state index in [0.717, 1.165) is 5.56 Å². The van der Waals surface area contributed by atoms with Crippen LogP contribution in [0.3, 0.4) is 0 Å². The summed E-state index contributed by atoms with van der Waals surface area (Å²) in [7, 11) is 5.83. The standard InChI is InChI=1S/C13H18BNO2.2H2O/c1-9(10-7-5-6-8-11(10)14)15-12(16)17-13(2,3)4;;/h5-9H,1-4H3,(H,15,16);2*1H2/q+2;;/p-2. The molecule has 19 heavy (non-hydrogen) atoms. The number of alkyl carbamates (subject to hydrolysis) is 1. The van der Waals surface area contributed by atoms with E-state index >= 15 is 0 Å². The average Bonchev–Trinajstić information content (AvgIpc) is 2.14. The minimum atomic E-state index is -0.494. The van der Waals surface area contributed by atoms with Gasteiger partial charge in [-0.05, 0) is 0 Å². The topological polar surface area (TPSA) is 98.3 Å². The Hall–Kier alpha value is -1.53. The summed E-state index contributed by atoms with van der Waals surface area (Å²) in [6, 6.07) is 7.27. The molecule has 0 aromatic heterocycles. The van der Waals surface area contributed by atoms with Crippen LogP contribution in [0.2, 0.25) is 0 Å². The van der Waals surface area contributed by atoms with Crippen LogP contribution in [0.15, 0.2) is 24.3 Å². The molecule has 5 nitrogen and oxygen atoms in total. The first-order valence-electron chi connectivity index (χ1n) is 5.63. The van der Waals surface area contributed by atoms with Crippen molar-refractivity contribution < 1.29 is 20.5 Å². The van der Waals surface area contributed by atoms with Crippen LogP contribution in [-0.4, -0.2) is 30.5 Å². The molecule has 0 aliphatic carbocycles. The Labute approximate surface area is 115 Å². The molecule has 1 aromatic carbocycles. The van der Waals surface area contributed by atoms with Crippen molar-refractivity contribution in [3.63, 3.8) is 0 Å². The van der Waals surface area contributed by atoms with Gasteiger partial charge in [0.2, 0.25) is 0 Å². The maximum atomic E-state index is 11.6. The molecular weight excluding hydrogens is 245 g/mol. The van der Waals surface area contributed by atoms with Gasteiger partial charge in [-0.2, -0.15) is 0 Å². The van der Waals surface area contributed by atoms with E-state index in [1.54, 1.807) is 0 Å². The van der Waals surface area contributed by atoms with Crippen LogP contribution >= 0.6 is 0 Å². The molecule has 0 fully saturated rings. The van der Waals surface area contributed by atoms with Gasteiger partial charge in [-0.15, -0.1) is 0 Å². The molecule has 0 saturated carbocycles. The van der Waals surface area contributed by atoms with E-state index in [2.05, 4.69) is 5.32 Å². The number of ether oxygens (including phenoxy) is 1. The monoisotopic (exact) mass is 265 g/mol. The van der Waals surface area contributed by atoms with E-state index in [-0.39, 0.29) is 17.0 Å². The second kappa shape index (κ2) is 7.81. The van der Waals surface area contributed by atoms with Gasteiger partial charge < -0.3 is 11.0 Å². The van der Waals surface area contributed by atoms with E-state index in [1.807, 2.05) is 52.0 Å². The molecule has 1 aromatic rings. The minimum Gasteiger partial charge on any atom is -0.870 e. The van der Waals surface area contributed by atoms with Crippen LogP contribution < -0.4 is 10.8 Å². The van der Waals surface area contributed by atoms with Gasteiger partial charge in [0.05, 0.1) is 0 Å². The Bertz CT molecular complexity index is 404. The molecule has 1 amide bonds. The summed E-state index contributed by atoms with van der Waals surface area (Å²) in [6.07, 6.45) is -0.437. The Morgan fingerprint density at radius 1 is 1.26 bits per heavy atom. The van der Waals surface area contributed by atoms with Gasteiger partial charge in [-0.1, -0.05) is 0 Å². The zero-order valence-corrected chi connectivity index (χ0v) is 11.7. The molecule has 1 atom stereocenters. The summed E-state index contributed by atoms with van der Waals surface area (Å²) in [5, 5.41) is 2.75. The smallest absolute Gasteiger partial charge is 0.870 e. The SMILES string of the molecule is [B+2]c1ccccc1C(C)NC(=O)OC(C)(C)C.[OH-].[OH-]. The molecule has 0 spiro atoms. The van der Waals surface area contributed by atoms with Crippen LogP contribution in [0.5, 0.6) is 0 Å². The second-order valence-electron chi connectivity index (χ2n) is 5.00. The molecule has 0 saturated heterocycles. The third-order valence-electron chi connectivity index (χ3n) is 2.20. The van der Waals surface area contributed by atoms with Crippen molar-refractivity contribution in [2.45, 2.75) is 39.3 Å². The molecule has 3 N–H and O–H groups in total. The number of hydrogen-bond donors (Lipinski definition) is 1. The average molecular weight is 265 g/mol. The third-order valence-corrected chi connectivity index (χ3v) is 2.20. The van der Waals surface area contributed by atoms with Gasteiger partial charge in [0.15, 0.2) is 0 Å². The fourth-order valence-electron chi connectivity index (χ4n) is 1.47. The van der Waals surface area contributed by atoms with E-state index in [4.69, 9.17) is 12.6 Å². The Morgan fingerprint density at radius 3 is 2.26 bits per heavy atom. The molecular formula is C13H20BNO4. The van der Waals surface area contributed by atoms with Crippen LogP contribution in [0.4, 0.5) is 4.79 Å². The summed E-state index contributed by atoms with van der Waals surface area (Å²) >= 11 is 0. The number of amides is 1. The molecule has 0 bridgehead atoms. The first-order valence-corrected chi connectivity index (χ1v) is 5.63. The van der Waals surface area contributed by atoms with E-state index in [0.29, 0.717) is 5.46 Å². The largest absolute Gasteiger partial charge is 0.870 e. The fourth-order valence-corrected chi connectivity index (χ4v) is 1.47. The van der Waals surface area contributed by atoms with E-state index < -0.39 is 11.7 Å². The first kappa shape index (κ1) is 19.8. The van der Waals surface area contributed by atoms with Crippen molar-refractivity contribution in [3.8, 4) is 0 Å². The van der Waals surface area contributed by atoms with Crippen molar-refractivity contribution in [2.75, 3.05) is 0 Å². The summed E-state index contributed by atoms with van der Waals surface area (Å²) < 4.78 is 5.18. The van der Waals surface area contributed by atoms with Gasteiger partial charge in [0, 0.05) is 0 Å². The number of hydrogen-bond acceptors (Lipinski definition) is 4. The summed E-state index contributed by atoms with van der Waals surface area (Å²) in [5.41, 5.74) is 1.06. The zero-order chi connectivity index (χ0) is 13.1. The van der Waals surface area contributed by atoms with Crippen molar-refractivity contribution >= 4 is 19.4 Å². The predicted molar refractivity (Wildman–Crippen MR) is 73.5 cm³/mol. The van der Waals surface area contributed by atoms with E-state index in [1.165, 1.54) is 0 Å². The van der Waals surface area contributed by atoms with Crippen molar-refractivity contribution in [2.24, 2.45) is 0 Å². The fraction of sp³-hybridized carbons (Fsp3) is 0.462. The van der Waals surface area contributed by atoms with Crippen molar-refractivity contribution in [1.29, 1.82) is 0 Å². The summed E-state index contributed by atoms with van der Waals surface area (Å²) in [5.74, 6) is 0. The van der Waals surface area contributed by atoms with Crippen LogP contribution in [0.1, 0.15) is 39.3 Å². The molecule has 0 heterocycles. The number of rotatable bonds is 2. The summed E-state index contributed by atoms with van der Waals surface area (Å²) in [4.78, 5) is 11.6. The number of carbonyl (C=O) groups excluding carboxylic acids is 1. The molecule has 0 aliphatic heterocycles. The Kier molecular flexibility index (Phi) is 8.14. The van der Waals surface area contributed by atoms with Gasteiger partial charge in [-0.25, -0.2) is 0 Å². The number of carbonyl (C=O) groups is 1. The van der Waals surface area contributed by atoms with Crippen LogP contribution in [-0.2, 0) is 4.74 Å². The zero-order valence-electron chi connectivity index (χ0n) is 11.7. The maximum Gasteiger partial charge on any atom is -0.870 e. The molecule has 0 aliphatic rings. The van der Waals surface area contributed by atoms with Crippen molar-refractivity contribution in [1.82, 2.24) is 5.32 Å². The Balaban J connectivity index is 0. The quantitative estimate of drug-likeness (QED) is 0.823. The molecule has 1 rings (SSSR count). The van der Waals surface area contributed by atoms with Gasteiger partial charge in [0.25, 0.3) is 0 Å². The minimum absolute atomic E-state index is 0. The van der Waals surface area contributed by atoms with E-state index in [9.17, 15) is 4.79 Å². The number of nitrogens with one attached hydrogen (secondary N) is 1. The number of benzene rings is 1. The Morgan fingerprint density at radius 2 is 1.79 bits per heavy atom. The normalized spacial score (nSPS) is 11.7. The van der Waals surface area contributed by atoms with Crippen molar-refractivity contribution in [3.05, 3.63) is 29.8 Å². The summed E-state index contributed by atoms with van der Waals surface area (Å²) in [6.45, 7) is 7.35. The second-order valence-corrected chi connectivity index (χ2v) is 5.00. The van der Waals surface area contributed by atoms with Crippen LogP contribution in [0, 0.1) is 0 Å². The van der Waals surface area contributed by atoms with Gasteiger partial charge >= 0.3 is 103 Å². The molecule has 6 heteroatoms. The van der Waals surface area contributed by atoms with Gasteiger partial charge in [0.1, 0.15) is 0 Å². The van der Waals surface area contributed by atoms with Crippen LogP contribution in [0.25, 0.3) is 0 Å². The molecule has 0 radical (unpaired) electrons. The predicted octanol–water partition coefficient (Wildman–Crippen LogP) is 1.71. The van der Waals surface area contributed by atoms with Gasteiger partial charge in [-0.3, -0.25) is 0 Å². The first-order chi connectivity index (χ1) is 7.79.